The summed E-state index contributed by atoms with van der Waals surface area (Å²) in [4.78, 5) is 0.958. The molecule has 0 aliphatic carbocycles. The number of rotatable bonds is 12. The van der Waals surface area contributed by atoms with Crippen LogP contribution >= 0.6 is 0 Å². The van der Waals surface area contributed by atoms with Crippen LogP contribution < -0.4 is 9.47 Å². The summed E-state index contributed by atoms with van der Waals surface area (Å²) in [5, 5.41) is 1.90. The fourth-order valence-corrected chi connectivity index (χ4v) is 8.56. The molecule has 6 rings (SSSR count). The van der Waals surface area contributed by atoms with Gasteiger partial charge in [-0.1, -0.05) is 74.9 Å². The van der Waals surface area contributed by atoms with E-state index in [-0.39, 0.29) is 31.1 Å². The lowest BCUT2D eigenvalue weighted by atomic mass is 9.78. The van der Waals surface area contributed by atoms with Crippen molar-refractivity contribution in [1.82, 2.24) is 0 Å². The van der Waals surface area contributed by atoms with Gasteiger partial charge in [0.05, 0.1) is 19.6 Å². The van der Waals surface area contributed by atoms with Crippen LogP contribution in [0.4, 0.5) is 0 Å². The second-order valence-electron chi connectivity index (χ2n) is 13.2. The van der Waals surface area contributed by atoms with Gasteiger partial charge in [0.1, 0.15) is 23.4 Å². The average Bonchev–Trinajstić information content (AvgIpc) is 3.15. The molecule has 1 unspecified atom stereocenters. The van der Waals surface area contributed by atoms with E-state index >= 15 is 0 Å². The predicted molar refractivity (Wildman–Crippen MR) is 202 cm³/mol. The summed E-state index contributed by atoms with van der Waals surface area (Å²) in [6, 6.07) is 38.8. The maximum atomic E-state index is 13.4. The van der Waals surface area contributed by atoms with Gasteiger partial charge in [0, 0.05) is 0 Å². The Bertz CT molecular complexity index is 2360. The smallest absolute Gasteiger partial charge is 0.206 e. The molecule has 0 heterocycles. The van der Waals surface area contributed by atoms with Crippen molar-refractivity contribution in [2.75, 3.05) is 0 Å². The van der Waals surface area contributed by atoms with E-state index in [2.05, 4.69) is 20.8 Å². The van der Waals surface area contributed by atoms with E-state index in [0.717, 1.165) is 40.3 Å². The minimum Gasteiger partial charge on any atom is -0.486 e. The van der Waals surface area contributed by atoms with Gasteiger partial charge in [0.25, 0.3) is 0 Å². The highest BCUT2D eigenvalue weighted by Crippen LogP contribution is 2.34. The van der Waals surface area contributed by atoms with E-state index in [1.807, 2.05) is 62.4 Å². The van der Waals surface area contributed by atoms with Crippen LogP contribution in [-0.2, 0) is 25.1 Å². The standard InChI is InChI=1S/C43H42O6S2/c1-6-43(5,7-2)35-14-24-41(25-15-35)51(46,47)42-26-18-36(19-27-42)49-38-17-11-33-10-16-37(28-34(33)29-38)48-31(4)32-12-22-40(23-13-32)50(44,45)39-20-8-30(3)9-21-39/h8-29,31H,6-7H2,1-5H3. The number of ether oxygens (including phenoxy) is 2. The molecule has 1 atom stereocenters. The zero-order valence-corrected chi connectivity index (χ0v) is 31.1. The molecule has 6 aromatic carbocycles. The molecule has 0 N–H and O–H groups in total. The first-order valence-corrected chi connectivity index (χ1v) is 20.0. The molecule has 0 bridgehead atoms. The van der Waals surface area contributed by atoms with Crippen molar-refractivity contribution in [1.29, 1.82) is 0 Å². The van der Waals surface area contributed by atoms with E-state index in [1.165, 1.54) is 0 Å². The lowest BCUT2D eigenvalue weighted by molar-refractivity contribution is 0.227. The zero-order valence-electron chi connectivity index (χ0n) is 29.5. The third kappa shape index (κ3) is 7.58. The first kappa shape index (κ1) is 35.9. The number of fused-ring (bicyclic) bond motifs is 1. The summed E-state index contributed by atoms with van der Waals surface area (Å²) in [5.41, 5.74) is 2.99. The number of hydrogen-bond donors (Lipinski definition) is 0. The molecule has 262 valence electrons. The molecule has 0 saturated carbocycles. The van der Waals surface area contributed by atoms with Crippen molar-refractivity contribution in [2.24, 2.45) is 0 Å². The molecular formula is C43H42O6S2. The van der Waals surface area contributed by atoms with Crippen LogP contribution in [0.15, 0.2) is 153 Å². The first-order valence-electron chi connectivity index (χ1n) is 17.1. The Morgan fingerprint density at radius 2 is 0.980 bits per heavy atom. The highest BCUT2D eigenvalue weighted by Gasteiger charge is 2.24. The van der Waals surface area contributed by atoms with Gasteiger partial charge in [-0.15, -0.1) is 0 Å². The third-order valence-electron chi connectivity index (χ3n) is 9.88. The van der Waals surface area contributed by atoms with Crippen LogP contribution in [-0.4, -0.2) is 16.8 Å². The Morgan fingerprint density at radius 3 is 1.51 bits per heavy atom. The highest BCUT2D eigenvalue weighted by atomic mass is 32.2. The van der Waals surface area contributed by atoms with Crippen LogP contribution in [0.2, 0.25) is 0 Å². The predicted octanol–water partition coefficient (Wildman–Crippen LogP) is 10.8. The summed E-state index contributed by atoms with van der Waals surface area (Å²) < 4.78 is 65.3. The summed E-state index contributed by atoms with van der Waals surface area (Å²) in [7, 11) is -7.30. The number of sulfone groups is 2. The largest absolute Gasteiger partial charge is 0.486 e. The molecule has 0 aliphatic heterocycles. The van der Waals surface area contributed by atoms with Crippen LogP contribution in [0.25, 0.3) is 10.8 Å². The van der Waals surface area contributed by atoms with E-state index in [1.54, 1.807) is 84.9 Å². The topological polar surface area (TPSA) is 86.7 Å². The lowest BCUT2D eigenvalue weighted by Gasteiger charge is -2.27. The number of benzene rings is 6. The minimum atomic E-state index is -3.69. The first-order chi connectivity index (χ1) is 24.3. The Kier molecular flexibility index (Phi) is 10.1. The lowest BCUT2D eigenvalue weighted by Crippen LogP contribution is -2.19. The van der Waals surface area contributed by atoms with E-state index in [0.29, 0.717) is 17.2 Å². The second kappa shape index (κ2) is 14.4. The quantitative estimate of drug-likeness (QED) is 0.125. The number of hydrogen-bond acceptors (Lipinski definition) is 6. The van der Waals surface area contributed by atoms with E-state index in [4.69, 9.17) is 9.47 Å². The minimum absolute atomic E-state index is 0.0154. The van der Waals surface area contributed by atoms with Gasteiger partial charge >= 0.3 is 0 Å². The summed E-state index contributed by atoms with van der Waals surface area (Å²) in [6.45, 7) is 10.3. The summed E-state index contributed by atoms with van der Waals surface area (Å²) in [5.74, 6) is 1.76. The molecule has 0 fully saturated rings. The van der Waals surface area contributed by atoms with Crippen molar-refractivity contribution in [3.05, 3.63) is 150 Å². The SMILES string of the molecule is CCC(C)(CC)c1ccc(S(=O)(=O)c2ccc(Oc3ccc4ccc(OC(C)c5ccc(S(=O)(=O)c6ccc(C)cc6)cc5)cc4c3)cc2)cc1. The van der Waals surface area contributed by atoms with E-state index in [9.17, 15) is 16.8 Å². The van der Waals surface area contributed by atoms with Gasteiger partial charge in [-0.2, -0.15) is 0 Å². The Balaban J connectivity index is 1.13. The normalized spacial score (nSPS) is 12.8. The van der Waals surface area contributed by atoms with Gasteiger partial charge in [-0.25, -0.2) is 16.8 Å². The maximum absolute atomic E-state index is 13.4. The fourth-order valence-electron chi connectivity index (χ4n) is 6.04. The monoisotopic (exact) mass is 718 g/mol. The van der Waals surface area contributed by atoms with Crippen molar-refractivity contribution in [2.45, 2.75) is 78.6 Å². The zero-order chi connectivity index (χ0) is 36.4. The molecule has 0 spiro atoms. The molecule has 6 nitrogen and oxygen atoms in total. The van der Waals surface area contributed by atoms with Gasteiger partial charge in [-0.05, 0) is 139 Å². The van der Waals surface area contributed by atoms with E-state index < -0.39 is 19.7 Å². The second-order valence-corrected chi connectivity index (χ2v) is 17.1. The third-order valence-corrected chi connectivity index (χ3v) is 13.5. The van der Waals surface area contributed by atoms with Crippen LogP contribution in [0.3, 0.4) is 0 Å². The molecule has 0 radical (unpaired) electrons. The average molecular weight is 719 g/mol. The Morgan fingerprint density at radius 1 is 0.549 bits per heavy atom. The summed E-state index contributed by atoms with van der Waals surface area (Å²) >= 11 is 0. The van der Waals surface area contributed by atoms with Crippen LogP contribution in [0, 0.1) is 6.92 Å². The molecule has 51 heavy (non-hydrogen) atoms. The van der Waals surface area contributed by atoms with Crippen LogP contribution in [0.5, 0.6) is 17.2 Å². The van der Waals surface area contributed by atoms with Gasteiger partial charge in [-0.3, -0.25) is 0 Å². The van der Waals surface area contributed by atoms with Crippen LogP contribution in [0.1, 0.15) is 63.3 Å². The molecule has 0 aromatic heterocycles. The fraction of sp³-hybridized carbons (Fsp3) is 0.209. The van der Waals surface area contributed by atoms with Gasteiger partial charge in [0.2, 0.25) is 19.7 Å². The van der Waals surface area contributed by atoms with Gasteiger partial charge in [0.15, 0.2) is 0 Å². The molecule has 0 aliphatic rings. The maximum Gasteiger partial charge on any atom is 0.206 e. The Labute approximate surface area is 301 Å². The van der Waals surface area contributed by atoms with Crippen molar-refractivity contribution in [3.8, 4) is 17.2 Å². The van der Waals surface area contributed by atoms with Crippen molar-refractivity contribution in [3.63, 3.8) is 0 Å². The van der Waals surface area contributed by atoms with Crippen molar-refractivity contribution < 1.29 is 26.3 Å². The highest BCUT2D eigenvalue weighted by molar-refractivity contribution is 7.91. The molecular weight excluding hydrogens is 677 g/mol. The van der Waals surface area contributed by atoms with Crippen molar-refractivity contribution >= 4 is 30.4 Å². The Hall–Kier alpha value is -4.92. The molecule has 0 saturated heterocycles. The molecule has 6 aromatic rings. The van der Waals surface area contributed by atoms with Gasteiger partial charge < -0.3 is 9.47 Å². The molecule has 8 heteroatoms. The molecule has 0 amide bonds. The summed E-state index contributed by atoms with van der Waals surface area (Å²) in [6.07, 6.45) is 1.62. The number of aryl methyl sites for hydroxylation is 1.